The van der Waals surface area contributed by atoms with E-state index in [9.17, 15) is 13.2 Å². The Labute approximate surface area is 174 Å². The van der Waals surface area contributed by atoms with Crippen molar-refractivity contribution < 1.29 is 22.6 Å². The molecule has 0 fully saturated rings. The maximum Gasteiger partial charge on any atom is 0.416 e. The van der Waals surface area contributed by atoms with E-state index in [-0.39, 0.29) is 5.75 Å². The highest BCUT2D eigenvalue weighted by Crippen LogP contribution is 2.39. The lowest BCUT2D eigenvalue weighted by Crippen LogP contribution is -2.36. The third-order valence-electron chi connectivity index (χ3n) is 4.99. The lowest BCUT2D eigenvalue weighted by Gasteiger charge is -2.37. The number of benzene rings is 1. The van der Waals surface area contributed by atoms with Gasteiger partial charge in [-0.3, -0.25) is 0 Å². The Balaban J connectivity index is 2.01. The molecule has 1 aliphatic heterocycles. The Kier molecular flexibility index (Phi) is 6.45. The summed E-state index contributed by atoms with van der Waals surface area (Å²) in [7, 11) is 3.44. The van der Waals surface area contributed by atoms with E-state index >= 15 is 0 Å². The smallest absolute Gasteiger partial charge is 0.416 e. The van der Waals surface area contributed by atoms with E-state index in [1.807, 2.05) is 37.2 Å². The van der Waals surface area contributed by atoms with E-state index < -0.39 is 17.8 Å². The number of hydrogen-bond donors (Lipinski definition) is 2. The number of nitrogens with two attached hydrogens (primary N) is 1. The Morgan fingerprint density at radius 3 is 2.70 bits per heavy atom. The van der Waals surface area contributed by atoms with Gasteiger partial charge in [0.2, 0.25) is 0 Å². The first-order chi connectivity index (χ1) is 14.3. The second-order valence-corrected chi connectivity index (χ2v) is 7.13. The van der Waals surface area contributed by atoms with Gasteiger partial charge in [-0.1, -0.05) is 6.07 Å². The van der Waals surface area contributed by atoms with Crippen molar-refractivity contribution in [1.82, 2.24) is 10.2 Å². The molecule has 1 aliphatic carbocycles. The van der Waals surface area contributed by atoms with Crippen molar-refractivity contribution in [2.75, 3.05) is 27.2 Å². The number of fused-ring (bicyclic) bond motifs is 1. The predicted molar refractivity (Wildman–Crippen MR) is 109 cm³/mol. The molecule has 0 aromatic heterocycles. The number of likely N-dealkylation sites (N-methyl/N-ethyl adjacent to an activating group) is 1. The van der Waals surface area contributed by atoms with Crippen molar-refractivity contribution in [3.8, 4) is 5.75 Å². The summed E-state index contributed by atoms with van der Waals surface area (Å²) >= 11 is 0. The minimum absolute atomic E-state index is 0.120. The SMILES string of the molecule is COC1=CC(NCCCN)=C2C(=C(C)C=CN2C)C1Oc1cccc(C(F)(F)F)c1. The Morgan fingerprint density at radius 2 is 2.03 bits per heavy atom. The lowest BCUT2D eigenvalue weighted by molar-refractivity contribution is -0.137. The number of methoxy groups -OCH3 is 1. The molecule has 0 amide bonds. The summed E-state index contributed by atoms with van der Waals surface area (Å²) in [6, 6.07) is 4.87. The summed E-state index contributed by atoms with van der Waals surface area (Å²) in [6.07, 6.45) is 1.38. The molecule has 2 aliphatic rings. The largest absolute Gasteiger partial charge is 0.497 e. The van der Waals surface area contributed by atoms with Crippen molar-refractivity contribution >= 4 is 0 Å². The molecule has 0 spiro atoms. The Morgan fingerprint density at radius 1 is 1.27 bits per heavy atom. The molecular weight excluding hydrogens is 395 g/mol. The van der Waals surface area contributed by atoms with Crippen LogP contribution in [0, 0.1) is 0 Å². The van der Waals surface area contributed by atoms with Crippen molar-refractivity contribution in [1.29, 1.82) is 0 Å². The van der Waals surface area contributed by atoms with Crippen LogP contribution in [-0.4, -0.2) is 38.3 Å². The fourth-order valence-corrected chi connectivity index (χ4v) is 3.48. The standard InChI is InChI=1S/C22H26F3N3O2/c1-14-8-11-28(2)20-17(27-10-5-9-26)13-18(29-3)21(19(14)20)30-16-7-4-6-15(12-16)22(23,24)25/h4,6-8,11-13,21,27H,5,9-10,26H2,1-3H3. The molecular formula is C22H26F3N3O2. The molecule has 0 radical (unpaired) electrons. The molecule has 0 saturated heterocycles. The van der Waals surface area contributed by atoms with Gasteiger partial charge in [-0.25, -0.2) is 0 Å². The number of halogens is 3. The van der Waals surface area contributed by atoms with Crippen molar-refractivity contribution in [3.05, 3.63) is 76.5 Å². The topological polar surface area (TPSA) is 59.8 Å². The number of nitrogens with zero attached hydrogens (tertiary/aromatic N) is 1. The van der Waals surface area contributed by atoms with E-state index in [0.29, 0.717) is 18.8 Å². The van der Waals surface area contributed by atoms with Crippen molar-refractivity contribution in [3.63, 3.8) is 0 Å². The number of hydrogen-bond acceptors (Lipinski definition) is 5. The zero-order chi connectivity index (χ0) is 21.9. The van der Waals surface area contributed by atoms with E-state index in [2.05, 4.69) is 5.32 Å². The van der Waals surface area contributed by atoms with Crippen LogP contribution in [0.3, 0.4) is 0 Å². The van der Waals surface area contributed by atoms with E-state index in [1.165, 1.54) is 19.2 Å². The fourth-order valence-electron chi connectivity index (χ4n) is 3.48. The zero-order valence-corrected chi connectivity index (χ0v) is 17.2. The molecule has 3 rings (SSSR count). The molecule has 1 atom stereocenters. The third kappa shape index (κ3) is 4.48. The van der Waals surface area contributed by atoms with Crippen LogP contribution in [0.5, 0.6) is 5.75 Å². The molecule has 5 nitrogen and oxygen atoms in total. The van der Waals surface area contributed by atoms with E-state index in [0.717, 1.165) is 41.1 Å². The number of ether oxygens (including phenoxy) is 2. The summed E-state index contributed by atoms with van der Waals surface area (Å²) < 4.78 is 51.0. The van der Waals surface area contributed by atoms with Gasteiger partial charge in [0, 0.05) is 31.4 Å². The average molecular weight is 421 g/mol. The van der Waals surface area contributed by atoms with E-state index in [1.54, 1.807) is 0 Å². The molecule has 8 heteroatoms. The summed E-state index contributed by atoms with van der Waals surface area (Å²) in [5.41, 5.74) is 8.37. The molecule has 1 aromatic carbocycles. The molecule has 1 aromatic rings. The highest BCUT2D eigenvalue weighted by Gasteiger charge is 2.36. The molecule has 1 heterocycles. The minimum Gasteiger partial charge on any atom is -0.497 e. The van der Waals surface area contributed by atoms with Crippen LogP contribution in [0.1, 0.15) is 18.9 Å². The third-order valence-corrected chi connectivity index (χ3v) is 4.99. The lowest BCUT2D eigenvalue weighted by atomic mass is 9.90. The molecule has 162 valence electrons. The van der Waals surface area contributed by atoms with Gasteiger partial charge in [-0.15, -0.1) is 0 Å². The summed E-state index contributed by atoms with van der Waals surface area (Å²) in [4.78, 5) is 1.96. The zero-order valence-electron chi connectivity index (χ0n) is 17.2. The van der Waals surface area contributed by atoms with Crippen LogP contribution in [0.15, 0.2) is 70.9 Å². The van der Waals surface area contributed by atoms with Gasteiger partial charge in [-0.2, -0.15) is 13.2 Å². The van der Waals surface area contributed by atoms with Crippen LogP contribution < -0.4 is 15.8 Å². The van der Waals surface area contributed by atoms with Crippen LogP contribution in [0.2, 0.25) is 0 Å². The quantitative estimate of drug-likeness (QED) is 0.654. The summed E-state index contributed by atoms with van der Waals surface area (Å²) in [6.45, 7) is 3.19. The van der Waals surface area contributed by atoms with Gasteiger partial charge in [0.05, 0.1) is 24.1 Å². The van der Waals surface area contributed by atoms with Gasteiger partial charge in [0.1, 0.15) is 11.5 Å². The first-order valence-electron chi connectivity index (χ1n) is 9.66. The van der Waals surface area contributed by atoms with Crippen molar-refractivity contribution in [2.24, 2.45) is 5.73 Å². The summed E-state index contributed by atoms with van der Waals surface area (Å²) in [5, 5.41) is 3.38. The number of rotatable bonds is 7. The number of alkyl halides is 3. The average Bonchev–Trinajstić information content (AvgIpc) is 2.71. The number of allylic oxidation sites excluding steroid dienone is 3. The molecule has 3 N–H and O–H groups in total. The van der Waals surface area contributed by atoms with Crippen LogP contribution >= 0.6 is 0 Å². The Hall–Kier alpha value is -2.87. The van der Waals surface area contributed by atoms with Crippen molar-refractivity contribution in [2.45, 2.75) is 25.6 Å². The predicted octanol–water partition coefficient (Wildman–Crippen LogP) is 3.92. The second kappa shape index (κ2) is 8.87. The normalized spacial score (nSPS) is 19.0. The number of nitrogens with one attached hydrogen (secondary N) is 1. The van der Waals surface area contributed by atoms with Gasteiger partial charge in [0.15, 0.2) is 6.10 Å². The highest BCUT2D eigenvalue weighted by atomic mass is 19.4. The monoisotopic (exact) mass is 421 g/mol. The molecule has 0 saturated carbocycles. The first kappa shape index (κ1) is 21.8. The van der Waals surface area contributed by atoms with Gasteiger partial charge in [0.25, 0.3) is 0 Å². The maximum atomic E-state index is 13.1. The first-order valence-corrected chi connectivity index (χ1v) is 9.66. The van der Waals surface area contributed by atoms with Crippen LogP contribution in [0.4, 0.5) is 13.2 Å². The summed E-state index contributed by atoms with van der Waals surface area (Å²) in [5.74, 6) is 0.624. The highest BCUT2D eigenvalue weighted by molar-refractivity contribution is 5.56. The maximum absolute atomic E-state index is 13.1. The van der Waals surface area contributed by atoms with Gasteiger partial charge in [-0.05, 0) is 49.7 Å². The van der Waals surface area contributed by atoms with E-state index in [4.69, 9.17) is 15.2 Å². The second-order valence-electron chi connectivity index (χ2n) is 7.13. The van der Waals surface area contributed by atoms with Crippen LogP contribution in [0.25, 0.3) is 0 Å². The minimum atomic E-state index is -4.44. The Bertz CT molecular complexity index is 916. The van der Waals surface area contributed by atoms with Crippen LogP contribution in [-0.2, 0) is 10.9 Å². The molecule has 0 bridgehead atoms. The molecule has 1 unspecified atom stereocenters. The molecule has 30 heavy (non-hydrogen) atoms. The van der Waals surface area contributed by atoms with Gasteiger partial charge < -0.3 is 25.4 Å². The fraction of sp³-hybridized carbons (Fsp3) is 0.364. The van der Waals surface area contributed by atoms with Gasteiger partial charge >= 0.3 is 6.18 Å².